The van der Waals surface area contributed by atoms with Gasteiger partial charge in [0.2, 0.25) is 0 Å². The molecule has 0 aromatic rings. The fourth-order valence-electron chi connectivity index (χ4n) is 0.182. The molecule has 8 heavy (non-hydrogen) atoms. The van der Waals surface area contributed by atoms with E-state index in [2.05, 4.69) is 4.74 Å². The molecule has 0 radical (unpaired) electrons. The van der Waals surface area contributed by atoms with Gasteiger partial charge in [0, 0.05) is 6.61 Å². The molecule has 0 rings (SSSR count). The molecule has 0 amide bonds. The van der Waals surface area contributed by atoms with Gasteiger partial charge in [0.25, 0.3) is 0 Å². The van der Waals surface area contributed by atoms with Gasteiger partial charge in [-0.05, 0) is 6.92 Å². The second kappa shape index (κ2) is 6.49. The Balaban J connectivity index is 0. The first-order chi connectivity index (χ1) is 3.27. The van der Waals surface area contributed by atoms with Crippen molar-refractivity contribution in [1.29, 1.82) is 0 Å². The molecule has 0 atom stereocenters. The highest BCUT2D eigenvalue weighted by atomic mass is 19.1. The summed E-state index contributed by atoms with van der Waals surface area (Å²) in [6.07, 6.45) is 0. The van der Waals surface area contributed by atoms with Gasteiger partial charge in [-0.15, -0.1) is 0 Å². The second-order valence-corrected chi connectivity index (χ2v) is 0.992. The van der Waals surface area contributed by atoms with Crippen molar-refractivity contribution in [1.82, 2.24) is 0 Å². The number of carbonyl (C=O) groups is 1. The van der Waals surface area contributed by atoms with E-state index in [0.717, 1.165) is 0 Å². The molecule has 0 N–H and O–H groups in total. The molecule has 0 heterocycles. The number of halogens is 2. The highest BCUT2D eigenvalue weighted by Gasteiger charge is 1.92. The first-order valence-corrected chi connectivity index (χ1v) is 2.03. The molecule has 0 aromatic carbocycles. The Labute approximate surface area is 46.0 Å². The molecule has 0 aliphatic heterocycles. The summed E-state index contributed by atoms with van der Waals surface area (Å²) in [7, 11) is 0. The minimum absolute atomic E-state index is 0. The molecule has 0 aliphatic carbocycles. The third-order valence-electron chi connectivity index (χ3n) is 0.420. The standard InChI is InChI=1S/C4H7FO2.FH/c1-2-7-3-4(5)6;/h2-3H2,1H3;1H. The van der Waals surface area contributed by atoms with Crippen LogP contribution in [0, 0.1) is 0 Å². The Morgan fingerprint density at radius 1 is 1.75 bits per heavy atom. The van der Waals surface area contributed by atoms with Gasteiger partial charge in [0.15, 0.2) is 0 Å². The maximum atomic E-state index is 11.1. The van der Waals surface area contributed by atoms with E-state index >= 15 is 0 Å². The number of hydrogen-bond acceptors (Lipinski definition) is 2. The van der Waals surface area contributed by atoms with Crippen molar-refractivity contribution in [2.75, 3.05) is 13.2 Å². The lowest BCUT2D eigenvalue weighted by molar-refractivity contribution is -0.133. The van der Waals surface area contributed by atoms with Gasteiger partial charge in [0.1, 0.15) is 6.61 Å². The van der Waals surface area contributed by atoms with E-state index in [0.29, 0.717) is 6.61 Å². The van der Waals surface area contributed by atoms with Crippen molar-refractivity contribution >= 4 is 6.04 Å². The smallest absolute Gasteiger partial charge is 0.326 e. The average Bonchev–Trinajstić information content (AvgIpc) is 1.61. The van der Waals surface area contributed by atoms with Crippen LogP contribution in [0.2, 0.25) is 0 Å². The molecule has 0 unspecified atom stereocenters. The molecule has 0 spiro atoms. The van der Waals surface area contributed by atoms with E-state index in [1.165, 1.54) is 0 Å². The second-order valence-electron chi connectivity index (χ2n) is 0.992. The largest absolute Gasteiger partial charge is 0.371 e. The summed E-state index contributed by atoms with van der Waals surface area (Å²) in [6, 6.07) is -1.41. The minimum atomic E-state index is -1.41. The quantitative estimate of drug-likeness (QED) is 0.519. The predicted molar refractivity (Wildman–Crippen MR) is 25.1 cm³/mol. The summed E-state index contributed by atoms with van der Waals surface area (Å²) >= 11 is 0. The van der Waals surface area contributed by atoms with Crippen molar-refractivity contribution in [2.24, 2.45) is 0 Å². The van der Waals surface area contributed by atoms with E-state index in [9.17, 15) is 9.18 Å². The number of ether oxygens (including phenoxy) is 1. The van der Waals surface area contributed by atoms with Gasteiger partial charge in [0.05, 0.1) is 0 Å². The van der Waals surface area contributed by atoms with Gasteiger partial charge >= 0.3 is 6.04 Å². The molecule has 0 saturated carbocycles. The molecule has 50 valence electrons. The van der Waals surface area contributed by atoms with Crippen molar-refractivity contribution < 1.29 is 18.6 Å². The number of rotatable bonds is 3. The SMILES string of the molecule is CCOCC(=O)F.F. The lowest BCUT2D eigenvalue weighted by Gasteiger charge is -1.88. The van der Waals surface area contributed by atoms with Crippen molar-refractivity contribution in [3.63, 3.8) is 0 Å². The molecule has 0 fully saturated rings. The van der Waals surface area contributed by atoms with Crippen LogP contribution >= 0.6 is 0 Å². The summed E-state index contributed by atoms with van der Waals surface area (Å²) in [5.74, 6) is 0. The summed E-state index contributed by atoms with van der Waals surface area (Å²) in [6.45, 7) is 1.68. The van der Waals surface area contributed by atoms with Crippen LogP contribution in [0.5, 0.6) is 0 Å². The maximum Gasteiger partial charge on any atom is 0.326 e. The van der Waals surface area contributed by atoms with Gasteiger partial charge in [-0.2, -0.15) is 4.39 Å². The highest BCUT2D eigenvalue weighted by Crippen LogP contribution is 1.75. The summed E-state index contributed by atoms with van der Waals surface area (Å²) < 4.78 is 15.5. The Kier molecular flexibility index (Phi) is 8.49. The summed E-state index contributed by atoms with van der Waals surface area (Å²) in [4.78, 5) is 9.41. The Bertz CT molecular complexity index is 65.1. The summed E-state index contributed by atoms with van der Waals surface area (Å²) in [5, 5.41) is 0. The van der Waals surface area contributed by atoms with Gasteiger partial charge in [-0.25, -0.2) is 0 Å². The Hall–Kier alpha value is -0.510. The van der Waals surface area contributed by atoms with E-state index in [4.69, 9.17) is 0 Å². The molecule has 2 nitrogen and oxygen atoms in total. The third kappa shape index (κ3) is 9.09. The molecule has 0 aliphatic rings. The van der Waals surface area contributed by atoms with E-state index < -0.39 is 12.6 Å². The van der Waals surface area contributed by atoms with Crippen LogP contribution in [0.1, 0.15) is 6.92 Å². The molecular weight excluding hydrogens is 118 g/mol. The van der Waals surface area contributed by atoms with Crippen molar-refractivity contribution in [3.05, 3.63) is 0 Å². The zero-order valence-corrected chi connectivity index (χ0v) is 4.52. The molecular formula is C4H8F2O2. The van der Waals surface area contributed by atoms with Gasteiger partial charge in [-0.3, -0.25) is 9.50 Å². The number of carbonyl (C=O) groups excluding carboxylic acids is 1. The Morgan fingerprint density at radius 2 is 2.25 bits per heavy atom. The van der Waals surface area contributed by atoms with Crippen LogP contribution in [-0.4, -0.2) is 19.3 Å². The topological polar surface area (TPSA) is 26.3 Å². The summed E-state index contributed by atoms with van der Waals surface area (Å²) in [5.41, 5.74) is 0. The average molecular weight is 126 g/mol. The third-order valence-corrected chi connectivity index (χ3v) is 0.420. The molecule has 0 bridgehead atoms. The lowest BCUT2D eigenvalue weighted by Crippen LogP contribution is -2.00. The lowest BCUT2D eigenvalue weighted by atomic mass is 10.7. The Morgan fingerprint density at radius 3 is 2.38 bits per heavy atom. The molecule has 0 saturated heterocycles. The first-order valence-electron chi connectivity index (χ1n) is 2.03. The molecule has 0 aromatic heterocycles. The van der Waals surface area contributed by atoms with E-state index in [1.54, 1.807) is 6.92 Å². The normalized spacial score (nSPS) is 7.75. The predicted octanol–water partition coefficient (Wildman–Crippen LogP) is 0.671. The van der Waals surface area contributed by atoms with Gasteiger partial charge in [-0.1, -0.05) is 0 Å². The highest BCUT2D eigenvalue weighted by molar-refractivity contribution is 5.69. The van der Waals surface area contributed by atoms with Crippen LogP contribution in [0.25, 0.3) is 0 Å². The van der Waals surface area contributed by atoms with Gasteiger partial charge < -0.3 is 4.74 Å². The first kappa shape index (κ1) is 10.5. The van der Waals surface area contributed by atoms with E-state index in [-0.39, 0.29) is 4.70 Å². The minimum Gasteiger partial charge on any atom is -0.371 e. The van der Waals surface area contributed by atoms with Crippen LogP contribution in [0.15, 0.2) is 0 Å². The van der Waals surface area contributed by atoms with Crippen molar-refractivity contribution in [2.45, 2.75) is 6.92 Å². The maximum absolute atomic E-state index is 11.1. The fraction of sp³-hybridized carbons (Fsp3) is 0.750. The van der Waals surface area contributed by atoms with Crippen LogP contribution < -0.4 is 0 Å². The zero-order chi connectivity index (χ0) is 5.70. The zero-order valence-electron chi connectivity index (χ0n) is 4.52. The van der Waals surface area contributed by atoms with E-state index in [1.807, 2.05) is 0 Å². The fourth-order valence-corrected chi connectivity index (χ4v) is 0.182. The van der Waals surface area contributed by atoms with Crippen molar-refractivity contribution in [3.8, 4) is 0 Å². The van der Waals surface area contributed by atoms with Crippen LogP contribution in [0.3, 0.4) is 0 Å². The van der Waals surface area contributed by atoms with Crippen LogP contribution in [-0.2, 0) is 9.53 Å². The number of hydrogen-bond donors (Lipinski definition) is 0. The monoisotopic (exact) mass is 126 g/mol. The van der Waals surface area contributed by atoms with Crippen LogP contribution in [0.4, 0.5) is 9.09 Å². The molecule has 4 heteroatoms.